The lowest BCUT2D eigenvalue weighted by Crippen LogP contribution is -2.54. The second-order valence-electron chi connectivity index (χ2n) is 5.37. The smallest absolute Gasteiger partial charge is 0.237 e. The van der Waals surface area contributed by atoms with E-state index in [0.717, 1.165) is 57.9 Å². The lowest BCUT2D eigenvalue weighted by Gasteiger charge is -2.38. The van der Waals surface area contributed by atoms with Gasteiger partial charge in [-0.1, -0.05) is 0 Å². The number of amides is 1. The van der Waals surface area contributed by atoms with Crippen molar-refractivity contribution in [3.8, 4) is 0 Å². The van der Waals surface area contributed by atoms with Crippen molar-refractivity contribution in [1.29, 1.82) is 0 Å². The number of nitrogens with one attached hydrogen (secondary N) is 1. The topological polar surface area (TPSA) is 61.4 Å². The lowest BCUT2D eigenvalue weighted by molar-refractivity contribution is -0.126. The van der Waals surface area contributed by atoms with Crippen LogP contribution in [0.15, 0.2) is 18.5 Å². The maximum atomic E-state index is 12.1. The van der Waals surface area contributed by atoms with E-state index in [1.54, 1.807) is 12.4 Å². The lowest BCUT2D eigenvalue weighted by atomic mass is 10.1. The summed E-state index contributed by atoms with van der Waals surface area (Å²) in [5.41, 5.74) is 0. The van der Waals surface area contributed by atoms with Gasteiger partial charge < -0.3 is 10.2 Å². The summed E-state index contributed by atoms with van der Waals surface area (Å²) >= 11 is 0. The van der Waals surface area contributed by atoms with Crippen molar-refractivity contribution in [3.05, 3.63) is 18.5 Å². The van der Waals surface area contributed by atoms with E-state index in [-0.39, 0.29) is 11.9 Å². The molecule has 1 atom stereocenters. The molecule has 3 heterocycles. The molecule has 0 aromatic carbocycles. The first-order chi connectivity index (χ1) is 9.84. The first-order valence-electron chi connectivity index (χ1n) is 7.38. The summed E-state index contributed by atoms with van der Waals surface area (Å²) in [6.45, 7) is 4.39. The van der Waals surface area contributed by atoms with E-state index < -0.39 is 0 Å². The van der Waals surface area contributed by atoms with Crippen LogP contribution < -0.4 is 10.2 Å². The Labute approximate surface area is 119 Å². The zero-order valence-electron chi connectivity index (χ0n) is 11.7. The highest BCUT2D eigenvalue weighted by atomic mass is 16.2. The van der Waals surface area contributed by atoms with Crippen LogP contribution in [0, 0.1) is 0 Å². The maximum Gasteiger partial charge on any atom is 0.237 e. The highest BCUT2D eigenvalue weighted by Gasteiger charge is 2.30. The summed E-state index contributed by atoms with van der Waals surface area (Å²) in [6, 6.07) is 1.88. The quantitative estimate of drug-likeness (QED) is 0.839. The van der Waals surface area contributed by atoms with E-state index >= 15 is 0 Å². The van der Waals surface area contributed by atoms with Crippen molar-refractivity contribution in [3.63, 3.8) is 0 Å². The van der Waals surface area contributed by atoms with E-state index in [9.17, 15) is 4.79 Å². The fourth-order valence-corrected chi connectivity index (χ4v) is 2.96. The highest BCUT2D eigenvalue weighted by molar-refractivity contribution is 5.82. The summed E-state index contributed by atoms with van der Waals surface area (Å²) < 4.78 is 0. The molecule has 20 heavy (non-hydrogen) atoms. The normalized spacial score (nSPS) is 25.1. The van der Waals surface area contributed by atoms with Crippen LogP contribution in [0.25, 0.3) is 0 Å². The van der Waals surface area contributed by atoms with Crippen LogP contribution in [-0.2, 0) is 4.79 Å². The van der Waals surface area contributed by atoms with Crippen molar-refractivity contribution in [2.75, 3.05) is 37.6 Å². The fraction of sp³-hybridized carbons (Fsp3) is 0.643. The number of hydrogen-bond acceptors (Lipinski definition) is 5. The molecule has 6 nitrogen and oxygen atoms in total. The maximum absolute atomic E-state index is 12.1. The second-order valence-corrected chi connectivity index (χ2v) is 5.37. The Kier molecular flexibility index (Phi) is 4.11. The zero-order chi connectivity index (χ0) is 13.8. The first-order valence-corrected chi connectivity index (χ1v) is 7.38. The molecular weight excluding hydrogens is 254 g/mol. The third-order valence-corrected chi connectivity index (χ3v) is 4.10. The van der Waals surface area contributed by atoms with Crippen LogP contribution in [0.1, 0.15) is 19.3 Å². The number of carbonyl (C=O) groups is 1. The average Bonchev–Trinajstić information content (AvgIpc) is 2.73. The number of nitrogens with zero attached hydrogens (tertiary/aromatic N) is 4. The average molecular weight is 275 g/mol. The SMILES string of the molecule is O=C1NCCCC[C@@H]1N1CCN(c2ncccn2)CC1. The predicted octanol–water partition coefficient (Wildman–Crippen LogP) is 0.267. The molecule has 2 fully saturated rings. The van der Waals surface area contributed by atoms with Crippen LogP contribution in [0.3, 0.4) is 0 Å². The fourth-order valence-electron chi connectivity index (χ4n) is 2.96. The van der Waals surface area contributed by atoms with Crippen molar-refractivity contribution < 1.29 is 4.79 Å². The Balaban J connectivity index is 1.59. The van der Waals surface area contributed by atoms with E-state index in [0.29, 0.717) is 0 Å². The third kappa shape index (κ3) is 2.90. The molecule has 0 unspecified atom stereocenters. The van der Waals surface area contributed by atoms with Gasteiger partial charge in [-0.2, -0.15) is 0 Å². The van der Waals surface area contributed by atoms with Crippen molar-refractivity contribution in [2.45, 2.75) is 25.3 Å². The molecule has 1 amide bonds. The van der Waals surface area contributed by atoms with Gasteiger partial charge >= 0.3 is 0 Å². The summed E-state index contributed by atoms with van der Waals surface area (Å²) in [7, 11) is 0. The van der Waals surface area contributed by atoms with Gasteiger partial charge in [0.2, 0.25) is 11.9 Å². The predicted molar refractivity (Wildman–Crippen MR) is 76.5 cm³/mol. The summed E-state index contributed by atoms with van der Waals surface area (Å²) in [5.74, 6) is 0.990. The Bertz CT molecular complexity index is 444. The summed E-state index contributed by atoms with van der Waals surface area (Å²) in [4.78, 5) is 25.1. The molecule has 0 aliphatic carbocycles. The zero-order valence-corrected chi connectivity index (χ0v) is 11.7. The van der Waals surface area contributed by atoms with Gasteiger partial charge in [0, 0.05) is 45.1 Å². The van der Waals surface area contributed by atoms with Crippen LogP contribution in [-0.4, -0.2) is 59.5 Å². The monoisotopic (exact) mass is 275 g/mol. The molecule has 1 aromatic rings. The molecule has 3 rings (SSSR count). The number of carbonyl (C=O) groups excluding carboxylic acids is 1. The number of anilines is 1. The van der Waals surface area contributed by atoms with Crippen molar-refractivity contribution >= 4 is 11.9 Å². The van der Waals surface area contributed by atoms with Gasteiger partial charge in [0.15, 0.2) is 0 Å². The van der Waals surface area contributed by atoms with Crippen LogP contribution in [0.2, 0.25) is 0 Å². The minimum atomic E-state index is 0.0522. The van der Waals surface area contributed by atoms with E-state index in [4.69, 9.17) is 0 Å². The van der Waals surface area contributed by atoms with E-state index in [2.05, 4.69) is 25.1 Å². The Morgan fingerprint density at radius 3 is 2.60 bits per heavy atom. The van der Waals surface area contributed by atoms with Gasteiger partial charge in [-0.15, -0.1) is 0 Å². The third-order valence-electron chi connectivity index (χ3n) is 4.10. The molecule has 6 heteroatoms. The number of aromatic nitrogens is 2. The standard InChI is InChI=1S/C14H21N5O/c20-13-12(4-1-2-5-15-13)18-8-10-19(11-9-18)14-16-6-3-7-17-14/h3,6-7,12H,1-2,4-5,8-11H2,(H,15,20)/t12-/m0/s1. The summed E-state index contributed by atoms with van der Waals surface area (Å²) in [5, 5.41) is 3.02. The summed E-state index contributed by atoms with van der Waals surface area (Å²) in [6.07, 6.45) is 6.75. The Hall–Kier alpha value is -1.69. The van der Waals surface area contributed by atoms with Crippen LogP contribution in [0.5, 0.6) is 0 Å². The minimum absolute atomic E-state index is 0.0522. The molecule has 0 saturated carbocycles. The van der Waals surface area contributed by atoms with Gasteiger partial charge in [-0.3, -0.25) is 9.69 Å². The number of hydrogen-bond donors (Lipinski definition) is 1. The molecule has 1 N–H and O–H groups in total. The molecular formula is C14H21N5O. The van der Waals surface area contributed by atoms with Gasteiger partial charge in [0.1, 0.15) is 0 Å². The van der Waals surface area contributed by atoms with E-state index in [1.165, 1.54) is 0 Å². The molecule has 2 saturated heterocycles. The Morgan fingerprint density at radius 2 is 1.85 bits per heavy atom. The first kappa shape index (κ1) is 13.3. The number of rotatable bonds is 2. The van der Waals surface area contributed by atoms with Crippen molar-refractivity contribution in [2.24, 2.45) is 0 Å². The van der Waals surface area contributed by atoms with Crippen molar-refractivity contribution in [1.82, 2.24) is 20.2 Å². The minimum Gasteiger partial charge on any atom is -0.355 e. The van der Waals surface area contributed by atoms with Gasteiger partial charge in [-0.25, -0.2) is 9.97 Å². The van der Waals surface area contributed by atoms with Crippen LogP contribution >= 0.6 is 0 Å². The molecule has 0 spiro atoms. The van der Waals surface area contributed by atoms with Crippen LogP contribution in [0.4, 0.5) is 5.95 Å². The molecule has 0 radical (unpaired) electrons. The molecule has 1 aromatic heterocycles. The number of piperazine rings is 1. The van der Waals surface area contributed by atoms with Gasteiger partial charge in [0.05, 0.1) is 6.04 Å². The van der Waals surface area contributed by atoms with E-state index in [1.807, 2.05) is 6.07 Å². The molecule has 2 aliphatic heterocycles. The highest BCUT2D eigenvalue weighted by Crippen LogP contribution is 2.16. The molecule has 0 bridgehead atoms. The van der Waals surface area contributed by atoms with Gasteiger partial charge in [0.25, 0.3) is 0 Å². The molecule has 2 aliphatic rings. The second kappa shape index (κ2) is 6.17. The Morgan fingerprint density at radius 1 is 1.10 bits per heavy atom. The molecule has 108 valence electrons. The largest absolute Gasteiger partial charge is 0.355 e. The van der Waals surface area contributed by atoms with Gasteiger partial charge in [-0.05, 0) is 25.3 Å².